The molecule has 3 aromatic heterocycles. The molecule has 2 nitrogen and oxygen atoms in total. The summed E-state index contributed by atoms with van der Waals surface area (Å²) in [5.74, 6) is 0.695. The zero-order chi connectivity index (χ0) is 39.6. The summed E-state index contributed by atoms with van der Waals surface area (Å²) in [5, 5.41) is 7.45. The predicted octanol–water partition coefficient (Wildman–Crippen LogP) is 16.4. The SMILES string of the molecule is c1ccc(-c2ccc(-c3c(-c4ccccc4)ccc4ccccc34)cc2-c2nc(-c3cccc4c3sc3ccccc34)cc(-c3cccc4c3sc3ccccc34)n2)cc1. The topological polar surface area (TPSA) is 25.8 Å². The molecule has 0 fully saturated rings. The average Bonchev–Trinajstić information content (AvgIpc) is 3.90. The lowest BCUT2D eigenvalue weighted by Gasteiger charge is -2.18. The molecule has 0 spiro atoms. The van der Waals surface area contributed by atoms with Crippen molar-refractivity contribution in [2.45, 2.75) is 0 Å². The first-order chi connectivity index (χ1) is 29.7. The number of thiophene rings is 2. The van der Waals surface area contributed by atoms with Crippen LogP contribution in [0.2, 0.25) is 0 Å². The van der Waals surface area contributed by atoms with Gasteiger partial charge in [-0.15, -0.1) is 22.7 Å². The third kappa shape index (κ3) is 5.76. The van der Waals surface area contributed by atoms with Crippen LogP contribution in [0.5, 0.6) is 0 Å². The molecule has 3 heterocycles. The fraction of sp³-hybridized carbons (Fsp3) is 0. The minimum Gasteiger partial charge on any atom is -0.228 e. The summed E-state index contributed by atoms with van der Waals surface area (Å²) >= 11 is 3.67. The van der Waals surface area contributed by atoms with E-state index >= 15 is 0 Å². The summed E-state index contributed by atoms with van der Waals surface area (Å²) in [6, 6.07) is 74.4. The van der Waals surface area contributed by atoms with Gasteiger partial charge in [0.05, 0.1) is 11.4 Å². The smallest absolute Gasteiger partial charge is 0.161 e. The van der Waals surface area contributed by atoms with Crippen LogP contribution in [-0.2, 0) is 0 Å². The highest BCUT2D eigenvalue weighted by molar-refractivity contribution is 7.26. The summed E-state index contributed by atoms with van der Waals surface area (Å²) < 4.78 is 5.00. The molecule has 9 aromatic carbocycles. The van der Waals surface area contributed by atoms with Crippen molar-refractivity contribution in [1.82, 2.24) is 9.97 Å². The van der Waals surface area contributed by atoms with E-state index < -0.39 is 0 Å². The highest BCUT2D eigenvalue weighted by Crippen LogP contribution is 2.45. The van der Waals surface area contributed by atoms with Crippen LogP contribution in [0.4, 0.5) is 0 Å². The molecule has 4 heteroatoms. The van der Waals surface area contributed by atoms with Gasteiger partial charge in [-0.05, 0) is 68.4 Å². The maximum absolute atomic E-state index is 5.61. The highest BCUT2D eigenvalue weighted by atomic mass is 32.1. The van der Waals surface area contributed by atoms with E-state index in [0.717, 1.165) is 44.8 Å². The fourth-order valence-electron chi connectivity index (χ4n) is 8.94. The molecular weight excluding hydrogens is 765 g/mol. The third-order valence-electron chi connectivity index (χ3n) is 11.7. The van der Waals surface area contributed by atoms with E-state index in [1.807, 2.05) is 22.7 Å². The van der Waals surface area contributed by atoms with Crippen molar-refractivity contribution in [3.63, 3.8) is 0 Å². The van der Waals surface area contributed by atoms with Gasteiger partial charge >= 0.3 is 0 Å². The van der Waals surface area contributed by atoms with Gasteiger partial charge in [-0.25, -0.2) is 9.97 Å². The summed E-state index contributed by atoms with van der Waals surface area (Å²) in [7, 11) is 0. The van der Waals surface area contributed by atoms with Crippen LogP contribution >= 0.6 is 22.7 Å². The van der Waals surface area contributed by atoms with E-state index in [4.69, 9.17) is 9.97 Å². The van der Waals surface area contributed by atoms with Crippen molar-refractivity contribution in [1.29, 1.82) is 0 Å². The summed E-state index contributed by atoms with van der Waals surface area (Å²) in [4.78, 5) is 11.2. The quantitative estimate of drug-likeness (QED) is 0.167. The molecule has 0 bridgehead atoms. The van der Waals surface area contributed by atoms with Crippen LogP contribution in [-0.4, -0.2) is 9.97 Å². The van der Waals surface area contributed by atoms with Gasteiger partial charge in [0, 0.05) is 57.0 Å². The molecule has 0 aliphatic carbocycles. The number of hydrogen-bond acceptors (Lipinski definition) is 4. The van der Waals surface area contributed by atoms with E-state index in [1.165, 1.54) is 67.8 Å². The van der Waals surface area contributed by atoms with Crippen LogP contribution in [0.1, 0.15) is 0 Å². The molecule has 0 N–H and O–H groups in total. The Morgan fingerprint density at radius 2 is 0.800 bits per heavy atom. The van der Waals surface area contributed by atoms with Crippen molar-refractivity contribution in [3.05, 3.63) is 206 Å². The predicted molar refractivity (Wildman–Crippen MR) is 258 cm³/mol. The summed E-state index contributed by atoms with van der Waals surface area (Å²) in [5.41, 5.74) is 11.9. The number of aromatic nitrogens is 2. The zero-order valence-electron chi connectivity index (χ0n) is 32.3. The summed E-state index contributed by atoms with van der Waals surface area (Å²) in [6.07, 6.45) is 0. The second kappa shape index (κ2) is 14.2. The number of benzene rings is 9. The maximum atomic E-state index is 5.61. The minimum absolute atomic E-state index is 0.695. The fourth-order valence-corrected chi connectivity index (χ4v) is 11.4. The summed E-state index contributed by atoms with van der Waals surface area (Å²) in [6.45, 7) is 0. The Hall–Kier alpha value is -7.24. The van der Waals surface area contributed by atoms with Gasteiger partial charge in [0.25, 0.3) is 0 Å². The molecule has 0 aliphatic heterocycles. The molecule has 280 valence electrons. The molecule has 0 unspecified atom stereocenters. The van der Waals surface area contributed by atoms with Gasteiger partial charge in [0.2, 0.25) is 0 Å². The van der Waals surface area contributed by atoms with Crippen molar-refractivity contribution < 1.29 is 0 Å². The van der Waals surface area contributed by atoms with Crippen LogP contribution < -0.4 is 0 Å². The monoisotopic (exact) mass is 798 g/mol. The Bertz CT molecular complexity index is 3470. The second-order valence-electron chi connectivity index (χ2n) is 15.2. The second-order valence-corrected chi connectivity index (χ2v) is 17.3. The first kappa shape index (κ1) is 34.8. The Labute approximate surface area is 355 Å². The highest BCUT2D eigenvalue weighted by Gasteiger charge is 2.21. The zero-order valence-corrected chi connectivity index (χ0v) is 34.0. The molecule has 0 aliphatic rings. The largest absolute Gasteiger partial charge is 0.228 e. The van der Waals surface area contributed by atoms with Gasteiger partial charge in [-0.1, -0.05) is 182 Å². The van der Waals surface area contributed by atoms with Crippen molar-refractivity contribution >= 4 is 73.8 Å². The molecule has 0 atom stereocenters. The van der Waals surface area contributed by atoms with Gasteiger partial charge in [0.15, 0.2) is 5.82 Å². The number of nitrogens with zero attached hydrogens (tertiary/aromatic N) is 2. The number of fused-ring (bicyclic) bond motifs is 7. The molecule has 12 rings (SSSR count). The van der Waals surface area contributed by atoms with E-state index in [1.54, 1.807) is 0 Å². The van der Waals surface area contributed by atoms with Crippen LogP contribution in [0.15, 0.2) is 206 Å². The van der Waals surface area contributed by atoms with Crippen molar-refractivity contribution in [2.24, 2.45) is 0 Å². The Morgan fingerprint density at radius 1 is 0.300 bits per heavy atom. The van der Waals surface area contributed by atoms with Gasteiger partial charge in [-0.2, -0.15) is 0 Å². The van der Waals surface area contributed by atoms with Crippen LogP contribution in [0.25, 0.3) is 118 Å². The molecule has 60 heavy (non-hydrogen) atoms. The standard InChI is InChI=1S/C56H34N2S2/c1-3-15-35(16-4-1)39-31-30-38(53-40-20-8-7-19-37(40)29-32-41(53)36-17-5-2-6-18-36)33-48(39)56-57-49(46-25-13-23-44-42-21-9-11-27-51(42)59-54(44)46)34-50(58-56)47-26-14-24-45-43-22-10-12-28-52(43)60-55(45)47/h1-34H. The van der Waals surface area contributed by atoms with Crippen LogP contribution in [0, 0.1) is 0 Å². The molecule has 0 saturated heterocycles. The first-order valence-electron chi connectivity index (χ1n) is 20.2. The lowest BCUT2D eigenvalue weighted by Crippen LogP contribution is -1.98. The van der Waals surface area contributed by atoms with E-state index in [0.29, 0.717) is 5.82 Å². The number of hydrogen-bond donors (Lipinski definition) is 0. The Balaban J connectivity index is 1.17. The van der Waals surface area contributed by atoms with E-state index in [9.17, 15) is 0 Å². The van der Waals surface area contributed by atoms with Gasteiger partial charge in [-0.3, -0.25) is 0 Å². The van der Waals surface area contributed by atoms with E-state index in [2.05, 4.69) is 206 Å². The Kier molecular flexibility index (Phi) is 8.25. The van der Waals surface area contributed by atoms with Crippen LogP contribution in [0.3, 0.4) is 0 Å². The molecule has 12 aromatic rings. The van der Waals surface area contributed by atoms with Gasteiger partial charge in [0.1, 0.15) is 0 Å². The first-order valence-corrected chi connectivity index (χ1v) is 21.9. The molecule has 0 radical (unpaired) electrons. The molecule has 0 amide bonds. The third-order valence-corrected chi connectivity index (χ3v) is 14.2. The molecule has 0 saturated carbocycles. The maximum Gasteiger partial charge on any atom is 0.161 e. The minimum atomic E-state index is 0.695. The average molecular weight is 799 g/mol. The Morgan fingerprint density at radius 3 is 1.42 bits per heavy atom. The van der Waals surface area contributed by atoms with Gasteiger partial charge < -0.3 is 0 Å². The normalized spacial score (nSPS) is 11.7. The number of rotatable bonds is 6. The van der Waals surface area contributed by atoms with Crippen molar-refractivity contribution in [3.8, 4) is 67.3 Å². The lowest BCUT2D eigenvalue weighted by molar-refractivity contribution is 1.19. The van der Waals surface area contributed by atoms with Crippen molar-refractivity contribution in [2.75, 3.05) is 0 Å². The molecular formula is C56H34N2S2. The van der Waals surface area contributed by atoms with E-state index in [-0.39, 0.29) is 0 Å². The lowest BCUT2D eigenvalue weighted by atomic mass is 9.87.